The minimum absolute atomic E-state index is 0.125. The van der Waals surface area contributed by atoms with Gasteiger partial charge in [-0.2, -0.15) is 5.26 Å². The lowest BCUT2D eigenvalue weighted by molar-refractivity contribution is 0.511. The number of halogens is 2. The first-order valence-electron chi connectivity index (χ1n) is 4.48. The summed E-state index contributed by atoms with van der Waals surface area (Å²) in [5.41, 5.74) is 0.493. The van der Waals surface area contributed by atoms with E-state index in [0.717, 1.165) is 6.07 Å². The molecule has 0 radical (unpaired) electrons. The Morgan fingerprint density at radius 3 is 2.94 bits per heavy atom. The summed E-state index contributed by atoms with van der Waals surface area (Å²) in [6.45, 7) is 0. The number of rotatable bonds is 2. The van der Waals surface area contributed by atoms with Gasteiger partial charge >= 0.3 is 0 Å². The molecule has 1 aromatic heterocycles. The third-order valence-electron chi connectivity index (χ3n) is 2.01. The molecule has 0 N–H and O–H groups in total. The van der Waals surface area contributed by atoms with Crippen LogP contribution in [0.2, 0.25) is 0 Å². The molecule has 0 unspecified atom stereocenters. The van der Waals surface area contributed by atoms with E-state index in [9.17, 15) is 8.78 Å². The second-order valence-electron chi connectivity index (χ2n) is 3.06. The van der Waals surface area contributed by atoms with Gasteiger partial charge in [-0.25, -0.2) is 13.8 Å². The standard InChI is InChI=1S/C11H6F2N2S/c12-8-3-1-2-7(11(8)13)9-6-16-10(15-9)4-5-14/h1-3,6H,4H2. The smallest absolute Gasteiger partial charge is 0.168 e. The Kier molecular flexibility index (Phi) is 2.93. The predicted molar refractivity (Wildman–Crippen MR) is 56.8 cm³/mol. The zero-order chi connectivity index (χ0) is 11.5. The molecule has 0 fully saturated rings. The van der Waals surface area contributed by atoms with Crippen LogP contribution in [-0.4, -0.2) is 4.98 Å². The van der Waals surface area contributed by atoms with Crippen LogP contribution < -0.4 is 0 Å². The lowest BCUT2D eigenvalue weighted by Gasteiger charge is -1.99. The summed E-state index contributed by atoms with van der Waals surface area (Å²) >= 11 is 1.26. The number of benzene rings is 1. The molecule has 0 aliphatic rings. The van der Waals surface area contributed by atoms with E-state index < -0.39 is 11.6 Å². The van der Waals surface area contributed by atoms with E-state index in [1.54, 1.807) is 5.38 Å². The van der Waals surface area contributed by atoms with Crippen molar-refractivity contribution in [1.82, 2.24) is 4.98 Å². The van der Waals surface area contributed by atoms with Crippen molar-refractivity contribution >= 4 is 11.3 Å². The van der Waals surface area contributed by atoms with E-state index in [0.29, 0.717) is 10.7 Å². The van der Waals surface area contributed by atoms with E-state index in [-0.39, 0.29) is 12.0 Å². The molecule has 1 aromatic carbocycles. The van der Waals surface area contributed by atoms with E-state index in [2.05, 4.69) is 4.98 Å². The molecule has 2 nitrogen and oxygen atoms in total. The summed E-state index contributed by atoms with van der Waals surface area (Å²) < 4.78 is 26.4. The molecule has 1 heterocycles. The van der Waals surface area contributed by atoms with Gasteiger partial charge in [-0.15, -0.1) is 11.3 Å². The Hall–Kier alpha value is -1.80. The van der Waals surface area contributed by atoms with E-state index in [1.165, 1.54) is 23.5 Å². The lowest BCUT2D eigenvalue weighted by Crippen LogP contribution is -1.89. The monoisotopic (exact) mass is 236 g/mol. The van der Waals surface area contributed by atoms with Gasteiger partial charge in [0.05, 0.1) is 18.2 Å². The molecule has 5 heteroatoms. The number of hydrogen-bond donors (Lipinski definition) is 0. The molecule has 16 heavy (non-hydrogen) atoms. The molecule has 0 bridgehead atoms. The van der Waals surface area contributed by atoms with Gasteiger partial charge in [0.1, 0.15) is 5.01 Å². The molecule has 0 atom stereocenters. The van der Waals surface area contributed by atoms with Crippen molar-refractivity contribution in [2.45, 2.75) is 6.42 Å². The highest BCUT2D eigenvalue weighted by Crippen LogP contribution is 2.25. The van der Waals surface area contributed by atoms with E-state index >= 15 is 0 Å². The van der Waals surface area contributed by atoms with Crippen LogP contribution in [0.5, 0.6) is 0 Å². The SMILES string of the molecule is N#CCc1nc(-c2cccc(F)c2F)cs1. The fourth-order valence-corrected chi connectivity index (χ4v) is 2.01. The maximum absolute atomic E-state index is 13.4. The number of nitrogens with zero attached hydrogens (tertiary/aromatic N) is 2. The largest absolute Gasteiger partial charge is 0.240 e. The highest BCUT2D eigenvalue weighted by Gasteiger charge is 2.12. The summed E-state index contributed by atoms with van der Waals surface area (Å²) in [6, 6.07) is 5.90. The zero-order valence-electron chi connectivity index (χ0n) is 8.08. The molecule has 0 saturated heterocycles. The predicted octanol–water partition coefficient (Wildman–Crippen LogP) is 3.15. The first-order valence-corrected chi connectivity index (χ1v) is 5.36. The molecule has 2 rings (SSSR count). The van der Waals surface area contributed by atoms with E-state index in [4.69, 9.17) is 5.26 Å². The summed E-state index contributed by atoms with van der Waals surface area (Å²) in [5, 5.41) is 10.7. The molecule has 0 amide bonds. The number of nitriles is 1. The number of hydrogen-bond acceptors (Lipinski definition) is 3. The molecular weight excluding hydrogens is 230 g/mol. The molecule has 0 saturated carbocycles. The van der Waals surface area contributed by atoms with Gasteiger partial charge in [-0.3, -0.25) is 0 Å². The molecule has 2 aromatic rings. The second-order valence-corrected chi connectivity index (χ2v) is 4.01. The average molecular weight is 236 g/mol. The highest BCUT2D eigenvalue weighted by molar-refractivity contribution is 7.10. The Morgan fingerprint density at radius 2 is 2.19 bits per heavy atom. The zero-order valence-corrected chi connectivity index (χ0v) is 8.89. The van der Waals surface area contributed by atoms with Crippen molar-refractivity contribution in [2.24, 2.45) is 0 Å². The fraction of sp³-hybridized carbons (Fsp3) is 0.0909. The van der Waals surface area contributed by atoms with Crippen LogP contribution in [0, 0.1) is 23.0 Å². The minimum atomic E-state index is -0.906. The van der Waals surface area contributed by atoms with Crippen LogP contribution in [0.3, 0.4) is 0 Å². The maximum Gasteiger partial charge on any atom is 0.168 e. The van der Waals surface area contributed by atoms with Gasteiger partial charge in [0, 0.05) is 10.9 Å². The average Bonchev–Trinajstić information content (AvgIpc) is 2.71. The number of aromatic nitrogens is 1. The third-order valence-corrected chi connectivity index (χ3v) is 2.86. The first-order chi connectivity index (χ1) is 7.72. The van der Waals surface area contributed by atoms with Crippen LogP contribution >= 0.6 is 11.3 Å². The fourth-order valence-electron chi connectivity index (χ4n) is 1.29. The van der Waals surface area contributed by atoms with Gasteiger partial charge in [0.15, 0.2) is 11.6 Å². The minimum Gasteiger partial charge on any atom is -0.240 e. The highest BCUT2D eigenvalue weighted by atomic mass is 32.1. The van der Waals surface area contributed by atoms with E-state index in [1.807, 2.05) is 6.07 Å². The van der Waals surface area contributed by atoms with Crippen molar-refractivity contribution in [3.05, 3.63) is 40.2 Å². The quantitative estimate of drug-likeness (QED) is 0.803. The van der Waals surface area contributed by atoms with Crippen LogP contribution in [-0.2, 0) is 6.42 Å². The molecule has 80 valence electrons. The summed E-state index contributed by atoms with van der Waals surface area (Å²) in [4.78, 5) is 4.06. The lowest BCUT2D eigenvalue weighted by atomic mass is 10.1. The van der Waals surface area contributed by atoms with Crippen molar-refractivity contribution in [1.29, 1.82) is 5.26 Å². The summed E-state index contributed by atoms with van der Waals surface area (Å²) in [7, 11) is 0. The molecule has 0 spiro atoms. The normalized spacial score (nSPS) is 10.1. The first kappa shape index (κ1) is 10.7. The Balaban J connectivity index is 2.43. The third kappa shape index (κ3) is 1.92. The van der Waals surface area contributed by atoms with Gasteiger partial charge in [-0.05, 0) is 12.1 Å². The molecule has 0 aliphatic heterocycles. The number of thiazole rings is 1. The molecular formula is C11H6F2N2S. The maximum atomic E-state index is 13.4. The summed E-state index contributed by atoms with van der Waals surface area (Å²) in [6.07, 6.45) is 0.182. The Bertz CT molecular complexity index is 557. The van der Waals surface area contributed by atoms with Gasteiger partial charge in [0.2, 0.25) is 0 Å². The van der Waals surface area contributed by atoms with Crippen LogP contribution in [0.15, 0.2) is 23.6 Å². The van der Waals surface area contributed by atoms with Crippen molar-refractivity contribution in [3.63, 3.8) is 0 Å². The van der Waals surface area contributed by atoms with Crippen LogP contribution in [0.1, 0.15) is 5.01 Å². The topological polar surface area (TPSA) is 36.7 Å². The summed E-state index contributed by atoms with van der Waals surface area (Å²) in [5.74, 6) is -1.80. The van der Waals surface area contributed by atoms with Gasteiger partial charge in [0.25, 0.3) is 0 Å². The van der Waals surface area contributed by atoms with Crippen LogP contribution in [0.25, 0.3) is 11.3 Å². The Labute approximate surface area is 94.8 Å². The van der Waals surface area contributed by atoms with Crippen LogP contribution in [0.4, 0.5) is 8.78 Å². The molecule has 0 aliphatic carbocycles. The van der Waals surface area contributed by atoms with Gasteiger partial charge in [-0.1, -0.05) is 6.07 Å². The second kappa shape index (κ2) is 4.37. The van der Waals surface area contributed by atoms with Crippen molar-refractivity contribution < 1.29 is 8.78 Å². The van der Waals surface area contributed by atoms with Gasteiger partial charge < -0.3 is 0 Å². The van der Waals surface area contributed by atoms with Crippen molar-refractivity contribution in [2.75, 3.05) is 0 Å². The Morgan fingerprint density at radius 1 is 1.38 bits per heavy atom. The van der Waals surface area contributed by atoms with Crippen molar-refractivity contribution in [3.8, 4) is 17.3 Å².